The van der Waals surface area contributed by atoms with Gasteiger partial charge < -0.3 is 0 Å². The zero-order chi connectivity index (χ0) is 10.3. The van der Waals surface area contributed by atoms with Crippen LogP contribution in [-0.4, -0.2) is 0 Å². The van der Waals surface area contributed by atoms with Gasteiger partial charge in [0.1, 0.15) is 0 Å². The van der Waals surface area contributed by atoms with Crippen molar-refractivity contribution in [3.63, 3.8) is 0 Å². The molecule has 0 heteroatoms. The molecule has 0 amide bonds. The highest BCUT2D eigenvalue weighted by molar-refractivity contribution is 5.63. The molecule has 73 valence electrons. The van der Waals surface area contributed by atoms with Crippen molar-refractivity contribution >= 4 is 0 Å². The van der Waals surface area contributed by atoms with Crippen LogP contribution >= 0.6 is 0 Å². The number of hydrogen-bond donors (Lipinski definition) is 0. The smallest absolute Gasteiger partial charge is 0.00872 e. The van der Waals surface area contributed by atoms with Crippen LogP contribution < -0.4 is 0 Å². The lowest BCUT2D eigenvalue weighted by atomic mass is 9.78. The molecule has 0 bridgehead atoms. The third-order valence-corrected chi connectivity index (χ3v) is 3.27. The molecule has 0 saturated heterocycles. The van der Waals surface area contributed by atoms with Gasteiger partial charge >= 0.3 is 0 Å². The molecular formula is C14H17. The van der Waals surface area contributed by atoms with Crippen LogP contribution in [0.25, 0.3) is 0 Å². The van der Waals surface area contributed by atoms with E-state index < -0.39 is 0 Å². The predicted octanol–water partition coefficient (Wildman–Crippen LogP) is 3.99. The first-order valence-electron chi connectivity index (χ1n) is 5.23. The van der Waals surface area contributed by atoms with Crippen molar-refractivity contribution in [2.24, 2.45) is 5.92 Å². The molecule has 1 unspecified atom stereocenters. The van der Waals surface area contributed by atoms with Gasteiger partial charge in [-0.15, -0.1) is 0 Å². The Morgan fingerprint density at radius 1 is 1.14 bits per heavy atom. The molecule has 0 spiro atoms. The highest BCUT2D eigenvalue weighted by Gasteiger charge is 2.21. The quantitative estimate of drug-likeness (QED) is 0.535. The van der Waals surface area contributed by atoms with Gasteiger partial charge in [-0.2, -0.15) is 0 Å². The lowest BCUT2D eigenvalue weighted by molar-refractivity contribution is 0.826. The van der Waals surface area contributed by atoms with Crippen LogP contribution in [0.4, 0.5) is 0 Å². The second-order valence-electron chi connectivity index (χ2n) is 4.32. The Balaban J connectivity index is 2.60. The van der Waals surface area contributed by atoms with E-state index in [0.29, 0.717) is 5.92 Å². The minimum atomic E-state index is 0.587. The first-order valence-corrected chi connectivity index (χ1v) is 5.23. The monoisotopic (exact) mass is 185 g/mol. The summed E-state index contributed by atoms with van der Waals surface area (Å²) in [6, 6.07) is 0. The van der Waals surface area contributed by atoms with E-state index >= 15 is 0 Å². The van der Waals surface area contributed by atoms with E-state index in [1.54, 1.807) is 0 Å². The average Bonchev–Trinajstić information content (AvgIpc) is 2.14. The molecule has 0 aromatic carbocycles. The zero-order valence-corrected chi connectivity index (χ0v) is 9.39. The van der Waals surface area contributed by atoms with Crippen LogP contribution in [0.2, 0.25) is 0 Å². The molecule has 0 saturated carbocycles. The third-order valence-electron chi connectivity index (χ3n) is 3.27. The van der Waals surface area contributed by atoms with Crippen molar-refractivity contribution in [1.82, 2.24) is 0 Å². The first-order chi connectivity index (χ1) is 6.61. The molecule has 0 N–H and O–H groups in total. The molecule has 2 rings (SSSR count). The van der Waals surface area contributed by atoms with Gasteiger partial charge in [-0.25, -0.2) is 0 Å². The van der Waals surface area contributed by atoms with Crippen LogP contribution in [-0.2, 0) is 0 Å². The summed E-state index contributed by atoms with van der Waals surface area (Å²) in [5.41, 5.74) is 7.20. The lowest BCUT2D eigenvalue weighted by Crippen LogP contribution is -2.10. The van der Waals surface area contributed by atoms with Crippen molar-refractivity contribution < 1.29 is 0 Å². The Bertz CT molecular complexity index is 386. The molecule has 2 aliphatic rings. The van der Waals surface area contributed by atoms with Gasteiger partial charge in [0, 0.05) is 6.42 Å². The fourth-order valence-electron chi connectivity index (χ4n) is 2.35. The minimum absolute atomic E-state index is 0.587. The molecule has 0 fully saturated rings. The highest BCUT2D eigenvalue weighted by Crippen LogP contribution is 2.38. The maximum absolute atomic E-state index is 2.37. The van der Waals surface area contributed by atoms with Crippen LogP contribution in [0.5, 0.6) is 0 Å². The number of rotatable bonds is 0. The van der Waals surface area contributed by atoms with Crippen LogP contribution in [0.3, 0.4) is 0 Å². The van der Waals surface area contributed by atoms with Gasteiger partial charge in [0.2, 0.25) is 0 Å². The molecule has 14 heavy (non-hydrogen) atoms. The van der Waals surface area contributed by atoms with Crippen LogP contribution in [0.1, 0.15) is 27.7 Å². The lowest BCUT2D eigenvalue weighted by Gasteiger charge is -2.27. The molecule has 1 radical (unpaired) electrons. The van der Waals surface area contributed by atoms with Gasteiger partial charge in [0.05, 0.1) is 0 Å². The van der Waals surface area contributed by atoms with E-state index in [-0.39, 0.29) is 0 Å². The number of hydrogen-bond acceptors (Lipinski definition) is 0. The molecule has 1 atom stereocenters. The summed E-state index contributed by atoms with van der Waals surface area (Å²) < 4.78 is 0. The SMILES string of the molecule is CC1=CC(C)C(C)=C2C=C[CH]C(C)=C12. The van der Waals surface area contributed by atoms with Gasteiger partial charge in [0.15, 0.2) is 0 Å². The predicted molar refractivity (Wildman–Crippen MR) is 61.8 cm³/mol. The average molecular weight is 185 g/mol. The van der Waals surface area contributed by atoms with Crippen molar-refractivity contribution in [1.29, 1.82) is 0 Å². The third kappa shape index (κ3) is 1.30. The summed E-state index contributed by atoms with van der Waals surface area (Å²) in [5, 5.41) is 0. The fourth-order valence-corrected chi connectivity index (χ4v) is 2.35. The molecule has 0 nitrogen and oxygen atoms in total. The van der Waals surface area contributed by atoms with Crippen LogP contribution in [0, 0.1) is 12.3 Å². The normalized spacial score (nSPS) is 26.6. The molecular weight excluding hydrogens is 168 g/mol. The van der Waals surface area contributed by atoms with Crippen molar-refractivity contribution in [2.45, 2.75) is 27.7 Å². The van der Waals surface area contributed by atoms with Gasteiger partial charge in [0.25, 0.3) is 0 Å². The summed E-state index contributed by atoms with van der Waals surface area (Å²) in [6.07, 6.45) is 8.96. The van der Waals surface area contributed by atoms with E-state index in [2.05, 4.69) is 52.3 Å². The summed E-state index contributed by atoms with van der Waals surface area (Å²) in [5.74, 6) is 0.587. The maximum Gasteiger partial charge on any atom is 0.00872 e. The maximum atomic E-state index is 2.37. The van der Waals surface area contributed by atoms with E-state index in [1.807, 2.05) is 0 Å². The first kappa shape index (κ1) is 9.51. The molecule has 0 heterocycles. The van der Waals surface area contributed by atoms with E-state index in [1.165, 1.54) is 27.9 Å². The fraction of sp³-hybridized carbons (Fsp3) is 0.357. The Hall–Kier alpha value is -1.04. The molecule has 0 aromatic heterocycles. The molecule has 0 aromatic rings. The minimum Gasteiger partial charge on any atom is -0.0758 e. The van der Waals surface area contributed by atoms with Crippen molar-refractivity contribution in [2.75, 3.05) is 0 Å². The zero-order valence-electron chi connectivity index (χ0n) is 9.39. The number of fused-ring (bicyclic) bond motifs is 1. The topological polar surface area (TPSA) is 0 Å². The number of allylic oxidation sites excluding steroid dienone is 8. The Kier molecular flexibility index (Phi) is 2.22. The van der Waals surface area contributed by atoms with E-state index in [0.717, 1.165) is 0 Å². The second kappa shape index (κ2) is 3.27. The summed E-state index contributed by atoms with van der Waals surface area (Å²) in [6.45, 7) is 8.92. The van der Waals surface area contributed by atoms with Gasteiger partial charge in [-0.05, 0) is 43.4 Å². The van der Waals surface area contributed by atoms with Crippen molar-refractivity contribution in [3.05, 3.63) is 52.5 Å². The molecule has 2 aliphatic carbocycles. The van der Waals surface area contributed by atoms with Crippen LogP contribution in [0.15, 0.2) is 46.1 Å². The Labute approximate surface area is 86.7 Å². The Morgan fingerprint density at radius 2 is 1.86 bits per heavy atom. The summed E-state index contributed by atoms with van der Waals surface area (Å²) >= 11 is 0. The highest BCUT2D eigenvalue weighted by atomic mass is 14.3. The van der Waals surface area contributed by atoms with E-state index in [4.69, 9.17) is 0 Å². The van der Waals surface area contributed by atoms with Gasteiger partial charge in [-0.3, -0.25) is 0 Å². The summed E-state index contributed by atoms with van der Waals surface area (Å²) in [4.78, 5) is 0. The summed E-state index contributed by atoms with van der Waals surface area (Å²) in [7, 11) is 0. The van der Waals surface area contributed by atoms with Crippen molar-refractivity contribution in [3.8, 4) is 0 Å². The standard InChI is InChI=1S/C14H17/c1-9-6-5-7-13-12(4)10(2)8-11(3)14(9)13/h5-8,10H,1-4H3. The van der Waals surface area contributed by atoms with E-state index in [9.17, 15) is 0 Å². The second-order valence-corrected chi connectivity index (χ2v) is 4.32. The Morgan fingerprint density at radius 3 is 2.57 bits per heavy atom. The largest absolute Gasteiger partial charge is 0.0758 e. The molecule has 0 aliphatic heterocycles. The van der Waals surface area contributed by atoms with Gasteiger partial charge in [-0.1, -0.05) is 36.3 Å².